The number of aromatic nitrogens is 2. The summed E-state index contributed by atoms with van der Waals surface area (Å²) in [6.07, 6.45) is 1.39. The molecule has 2 rings (SSSR count). The van der Waals surface area contributed by atoms with Crippen molar-refractivity contribution in [3.05, 3.63) is 33.2 Å². The van der Waals surface area contributed by atoms with Crippen molar-refractivity contribution < 1.29 is 9.90 Å². The van der Waals surface area contributed by atoms with E-state index in [0.717, 1.165) is 13.8 Å². The van der Waals surface area contributed by atoms with E-state index in [0.29, 0.717) is 5.56 Å². The third-order valence-corrected chi connectivity index (χ3v) is 4.68. The molecule has 0 saturated carbocycles. The summed E-state index contributed by atoms with van der Waals surface area (Å²) in [7, 11) is 0. The average molecular weight is 387 g/mol. The van der Waals surface area contributed by atoms with Gasteiger partial charge in [0.25, 0.3) is 5.91 Å². The molecule has 0 unspecified atom stereocenters. The van der Waals surface area contributed by atoms with Gasteiger partial charge in [0.1, 0.15) is 10.8 Å². The Labute approximate surface area is 137 Å². The number of hydrogen-bond donors (Lipinski definition) is 2. The second-order valence-electron chi connectivity index (χ2n) is 3.87. The summed E-state index contributed by atoms with van der Waals surface area (Å²) in [5, 5.41) is 22.1. The molecule has 1 aromatic heterocycles. The number of benzene rings is 1. The van der Waals surface area contributed by atoms with Crippen molar-refractivity contribution in [3.63, 3.8) is 0 Å². The van der Waals surface area contributed by atoms with Crippen LogP contribution in [0.4, 0.5) is 0 Å². The van der Waals surface area contributed by atoms with E-state index < -0.39 is 0 Å². The summed E-state index contributed by atoms with van der Waals surface area (Å²) in [4.78, 5) is 11.6. The molecule has 0 saturated heterocycles. The van der Waals surface area contributed by atoms with Crippen LogP contribution in [0.5, 0.6) is 5.75 Å². The predicted octanol–water partition coefficient (Wildman–Crippen LogP) is 2.56. The number of halogens is 1. The maximum absolute atomic E-state index is 11.6. The number of hydrazone groups is 1. The van der Waals surface area contributed by atoms with Crippen LogP contribution in [0.25, 0.3) is 0 Å². The molecule has 0 radical (unpaired) electrons. The first kappa shape index (κ1) is 15.9. The van der Waals surface area contributed by atoms with Crippen LogP contribution in [0.1, 0.15) is 10.6 Å². The molecule has 9 heteroatoms. The third kappa shape index (κ3) is 5.10. The number of nitrogens with one attached hydrogen (secondary N) is 1. The van der Waals surface area contributed by atoms with Gasteiger partial charge < -0.3 is 5.11 Å². The van der Waals surface area contributed by atoms with Gasteiger partial charge in [-0.05, 0) is 25.1 Å². The minimum absolute atomic E-state index is 0.0925. The normalized spacial score (nSPS) is 11.0. The van der Waals surface area contributed by atoms with E-state index in [1.54, 1.807) is 18.2 Å². The van der Waals surface area contributed by atoms with Crippen molar-refractivity contribution in [1.82, 2.24) is 15.6 Å². The number of aromatic hydroxyl groups is 1. The average Bonchev–Trinajstić information content (AvgIpc) is 2.86. The van der Waals surface area contributed by atoms with Gasteiger partial charge in [-0.15, -0.1) is 10.2 Å². The largest absolute Gasteiger partial charge is 0.507 e. The van der Waals surface area contributed by atoms with Crippen molar-refractivity contribution >= 4 is 51.2 Å². The molecule has 1 heterocycles. The summed E-state index contributed by atoms with van der Waals surface area (Å²) in [5.41, 5.74) is 2.91. The number of nitrogens with zero attached hydrogens (tertiary/aromatic N) is 3. The molecule has 21 heavy (non-hydrogen) atoms. The molecule has 2 aromatic rings. The first-order valence-electron chi connectivity index (χ1n) is 5.78. The van der Waals surface area contributed by atoms with E-state index in [1.165, 1.54) is 29.3 Å². The Bertz CT molecular complexity index is 675. The Morgan fingerprint density at radius 3 is 3.10 bits per heavy atom. The zero-order chi connectivity index (χ0) is 15.2. The van der Waals surface area contributed by atoms with E-state index in [-0.39, 0.29) is 17.4 Å². The van der Waals surface area contributed by atoms with Gasteiger partial charge in [-0.25, -0.2) is 5.43 Å². The molecule has 1 aromatic carbocycles. The van der Waals surface area contributed by atoms with E-state index in [9.17, 15) is 9.90 Å². The summed E-state index contributed by atoms with van der Waals surface area (Å²) in [5.74, 6) is 0.0460. The Morgan fingerprint density at radius 1 is 1.57 bits per heavy atom. The number of amides is 1. The molecule has 0 aliphatic heterocycles. The van der Waals surface area contributed by atoms with Crippen LogP contribution < -0.4 is 5.43 Å². The van der Waals surface area contributed by atoms with E-state index in [2.05, 4.69) is 36.7 Å². The maximum Gasteiger partial charge on any atom is 0.250 e. The molecule has 2 N–H and O–H groups in total. The van der Waals surface area contributed by atoms with Crippen LogP contribution in [-0.2, 0) is 4.79 Å². The molecule has 0 spiro atoms. The lowest BCUT2D eigenvalue weighted by molar-refractivity contribution is -0.118. The van der Waals surface area contributed by atoms with Gasteiger partial charge in [0.2, 0.25) is 0 Å². The van der Waals surface area contributed by atoms with Gasteiger partial charge in [0, 0.05) is 10.0 Å². The molecule has 0 atom stereocenters. The predicted molar refractivity (Wildman–Crippen MR) is 86.9 cm³/mol. The zero-order valence-corrected chi connectivity index (χ0v) is 14.1. The minimum Gasteiger partial charge on any atom is -0.507 e. The molecule has 110 valence electrons. The lowest BCUT2D eigenvalue weighted by Gasteiger charge is -2.00. The fraction of sp³-hybridized carbons (Fsp3) is 0.167. The number of phenolic OH excluding ortho intramolecular Hbond substituents is 1. The highest BCUT2D eigenvalue weighted by atomic mass is 79.9. The van der Waals surface area contributed by atoms with Crippen molar-refractivity contribution in [3.8, 4) is 5.75 Å². The van der Waals surface area contributed by atoms with Gasteiger partial charge in [-0.2, -0.15) is 5.10 Å². The fourth-order valence-corrected chi connectivity index (χ4v) is 3.29. The number of thioether (sulfide) groups is 1. The zero-order valence-electron chi connectivity index (χ0n) is 10.9. The lowest BCUT2D eigenvalue weighted by Crippen LogP contribution is -2.19. The second-order valence-corrected chi connectivity index (χ2v) is 7.19. The van der Waals surface area contributed by atoms with Crippen molar-refractivity contribution in [2.45, 2.75) is 11.3 Å². The summed E-state index contributed by atoms with van der Waals surface area (Å²) < 4.78 is 1.56. The van der Waals surface area contributed by atoms with Crippen LogP contribution in [0, 0.1) is 6.92 Å². The third-order valence-electron chi connectivity index (χ3n) is 2.22. The van der Waals surface area contributed by atoms with Crippen LogP contribution >= 0.6 is 39.0 Å². The lowest BCUT2D eigenvalue weighted by atomic mass is 10.2. The number of rotatable bonds is 5. The molecule has 6 nitrogen and oxygen atoms in total. The molecule has 0 bridgehead atoms. The first-order chi connectivity index (χ1) is 10.0. The van der Waals surface area contributed by atoms with Crippen LogP contribution in [-0.4, -0.2) is 33.2 Å². The maximum atomic E-state index is 11.6. The molecule has 0 aliphatic carbocycles. The highest BCUT2D eigenvalue weighted by Gasteiger charge is 2.05. The molecular weight excluding hydrogens is 376 g/mol. The van der Waals surface area contributed by atoms with E-state index in [1.807, 2.05) is 6.92 Å². The van der Waals surface area contributed by atoms with Crippen LogP contribution in [0.15, 0.2) is 32.1 Å². The molecule has 1 amide bonds. The number of aryl methyl sites for hydroxylation is 1. The molecular formula is C12H11BrN4O2S2. The van der Waals surface area contributed by atoms with Crippen molar-refractivity contribution in [2.75, 3.05) is 5.75 Å². The van der Waals surface area contributed by atoms with Crippen molar-refractivity contribution in [1.29, 1.82) is 0 Å². The Balaban J connectivity index is 1.83. The van der Waals surface area contributed by atoms with Gasteiger partial charge in [-0.1, -0.05) is 39.0 Å². The fourth-order valence-electron chi connectivity index (χ4n) is 1.30. The second kappa shape index (κ2) is 7.53. The van der Waals surface area contributed by atoms with Gasteiger partial charge >= 0.3 is 0 Å². The summed E-state index contributed by atoms with van der Waals surface area (Å²) in [6, 6.07) is 4.95. The van der Waals surface area contributed by atoms with E-state index in [4.69, 9.17) is 0 Å². The number of carbonyl (C=O) groups excluding carboxylic acids is 1. The van der Waals surface area contributed by atoms with Crippen LogP contribution in [0.3, 0.4) is 0 Å². The number of phenols is 1. The van der Waals surface area contributed by atoms with Crippen molar-refractivity contribution in [2.24, 2.45) is 5.10 Å². The van der Waals surface area contributed by atoms with Gasteiger partial charge in [-0.3, -0.25) is 4.79 Å². The number of hydrogen-bond acceptors (Lipinski definition) is 7. The quantitative estimate of drug-likeness (QED) is 0.468. The summed E-state index contributed by atoms with van der Waals surface area (Å²) >= 11 is 6.04. The SMILES string of the molecule is Cc1nnc(SCC(=O)NN=Cc2cc(Br)ccc2O)s1. The molecule has 0 aliphatic rings. The van der Waals surface area contributed by atoms with E-state index >= 15 is 0 Å². The van der Waals surface area contributed by atoms with Gasteiger partial charge in [0.05, 0.1) is 12.0 Å². The molecule has 0 fully saturated rings. The Morgan fingerprint density at radius 2 is 2.38 bits per heavy atom. The highest BCUT2D eigenvalue weighted by Crippen LogP contribution is 2.21. The number of carbonyl (C=O) groups is 1. The Kier molecular flexibility index (Phi) is 5.71. The standard InChI is InChI=1S/C12H11BrN4O2S2/c1-7-15-17-12(21-7)20-6-11(19)16-14-5-8-4-9(13)2-3-10(8)18/h2-5,18H,6H2,1H3,(H,16,19). The summed E-state index contributed by atoms with van der Waals surface area (Å²) in [6.45, 7) is 1.86. The van der Waals surface area contributed by atoms with Gasteiger partial charge in [0.15, 0.2) is 4.34 Å². The highest BCUT2D eigenvalue weighted by molar-refractivity contribution is 9.10. The first-order valence-corrected chi connectivity index (χ1v) is 8.37. The Hall–Kier alpha value is -1.45. The monoisotopic (exact) mass is 386 g/mol. The van der Waals surface area contributed by atoms with Crippen LogP contribution in [0.2, 0.25) is 0 Å². The smallest absolute Gasteiger partial charge is 0.250 e. The topological polar surface area (TPSA) is 87.5 Å². The minimum atomic E-state index is -0.251.